The van der Waals surface area contributed by atoms with Crippen LogP contribution in [0.25, 0.3) is 0 Å². The summed E-state index contributed by atoms with van der Waals surface area (Å²) in [5.41, 5.74) is 0.438. The SMILES string of the molecule is CNc1nc(N2CCCC2)nc(N2CCC(C)(C)CC2)n1. The number of anilines is 3. The van der Waals surface area contributed by atoms with Crippen molar-refractivity contribution < 1.29 is 0 Å². The Morgan fingerprint density at radius 1 is 0.857 bits per heavy atom. The Kier molecular flexibility index (Phi) is 3.87. The minimum Gasteiger partial charge on any atom is -0.357 e. The van der Waals surface area contributed by atoms with Crippen LogP contribution in [0.1, 0.15) is 39.5 Å². The maximum Gasteiger partial charge on any atom is 0.231 e. The number of nitrogens with zero attached hydrogens (tertiary/aromatic N) is 5. The summed E-state index contributed by atoms with van der Waals surface area (Å²) in [5.74, 6) is 2.32. The van der Waals surface area contributed by atoms with E-state index in [9.17, 15) is 0 Å². The van der Waals surface area contributed by atoms with Crippen molar-refractivity contribution in [2.75, 3.05) is 48.3 Å². The molecule has 2 saturated heterocycles. The van der Waals surface area contributed by atoms with E-state index in [1.54, 1.807) is 0 Å². The molecule has 0 bridgehead atoms. The van der Waals surface area contributed by atoms with Crippen molar-refractivity contribution in [3.63, 3.8) is 0 Å². The zero-order valence-electron chi connectivity index (χ0n) is 13.4. The van der Waals surface area contributed by atoms with E-state index in [0.717, 1.165) is 38.1 Å². The summed E-state index contributed by atoms with van der Waals surface area (Å²) in [4.78, 5) is 18.4. The van der Waals surface area contributed by atoms with Crippen LogP contribution in [-0.2, 0) is 0 Å². The second-order valence-corrected chi connectivity index (χ2v) is 6.85. The van der Waals surface area contributed by atoms with Gasteiger partial charge in [-0.25, -0.2) is 0 Å². The molecule has 3 rings (SSSR count). The van der Waals surface area contributed by atoms with E-state index < -0.39 is 0 Å². The van der Waals surface area contributed by atoms with Gasteiger partial charge in [0.1, 0.15) is 0 Å². The molecule has 2 aliphatic heterocycles. The molecule has 0 amide bonds. The van der Waals surface area contributed by atoms with Gasteiger partial charge in [-0.2, -0.15) is 15.0 Å². The van der Waals surface area contributed by atoms with Crippen molar-refractivity contribution in [2.45, 2.75) is 39.5 Å². The van der Waals surface area contributed by atoms with Gasteiger partial charge in [-0.3, -0.25) is 0 Å². The molecule has 0 atom stereocenters. The molecular formula is C15H26N6. The number of rotatable bonds is 3. The molecule has 2 fully saturated rings. The highest BCUT2D eigenvalue weighted by Crippen LogP contribution is 2.31. The van der Waals surface area contributed by atoms with Crippen LogP contribution in [-0.4, -0.2) is 48.2 Å². The maximum absolute atomic E-state index is 4.72. The van der Waals surface area contributed by atoms with Crippen LogP contribution in [0.4, 0.5) is 17.8 Å². The molecule has 6 heteroatoms. The van der Waals surface area contributed by atoms with Crippen LogP contribution in [0, 0.1) is 5.41 Å². The number of piperidine rings is 1. The Bertz CT molecular complexity index is 485. The molecule has 1 aromatic heterocycles. The van der Waals surface area contributed by atoms with Crippen LogP contribution in [0.15, 0.2) is 0 Å². The van der Waals surface area contributed by atoms with Crippen LogP contribution in [0.2, 0.25) is 0 Å². The van der Waals surface area contributed by atoms with Crippen molar-refractivity contribution in [3.05, 3.63) is 0 Å². The zero-order chi connectivity index (χ0) is 14.9. The molecule has 21 heavy (non-hydrogen) atoms. The fourth-order valence-corrected chi connectivity index (χ4v) is 2.98. The van der Waals surface area contributed by atoms with Gasteiger partial charge in [-0.15, -0.1) is 0 Å². The van der Waals surface area contributed by atoms with Crippen molar-refractivity contribution in [1.82, 2.24) is 15.0 Å². The average Bonchev–Trinajstić information content (AvgIpc) is 3.01. The third-order valence-electron chi connectivity index (χ3n) is 4.62. The van der Waals surface area contributed by atoms with Crippen molar-refractivity contribution in [3.8, 4) is 0 Å². The van der Waals surface area contributed by atoms with E-state index >= 15 is 0 Å². The number of aromatic nitrogens is 3. The molecule has 0 aromatic carbocycles. The number of hydrogen-bond acceptors (Lipinski definition) is 6. The Morgan fingerprint density at radius 2 is 1.38 bits per heavy atom. The molecule has 0 aliphatic carbocycles. The minimum absolute atomic E-state index is 0.438. The first-order valence-corrected chi connectivity index (χ1v) is 8.01. The van der Waals surface area contributed by atoms with E-state index in [2.05, 4.69) is 38.9 Å². The largest absolute Gasteiger partial charge is 0.357 e. The van der Waals surface area contributed by atoms with Gasteiger partial charge in [-0.1, -0.05) is 13.8 Å². The molecular weight excluding hydrogens is 264 g/mol. The molecule has 2 aliphatic rings. The fourth-order valence-electron chi connectivity index (χ4n) is 2.98. The highest BCUT2D eigenvalue weighted by Gasteiger charge is 2.27. The van der Waals surface area contributed by atoms with Crippen molar-refractivity contribution in [2.24, 2.45) is 5.41 Å². The van der Waals surface area contributed by atoms with Gasteiger partial charge in [0.15, 0.2) is 0 Å². The van der Waals surface area contributed by atoms with Gasteiger partial charge in [-0.05, 0) is 31.1 Å². The van der Waals surface area contributed by atoms with Crippen LogP contribution >= 0.6 is 0 Å². The van der Waals surface area contributed by atoms with Gasteiger partial charge in [0.25, 0.3) is 0 Å². The van der Waals surface area contributed by atoms with Gasteiger partial charge in [0, 0.05) is 33.2 Å². The first-order chi connectivity index (χ1) is 10.1. The Hall–Kier alpha value is -1.59. The lowest BCUT2D eigenvalue weighted by Crippen LogP contribution is -2.38. The molecule has 0 spiro atoms. The van der Waals surface area contributed by atoms with E-state index in [0.29, 0.717) is 11.4 Å². The van der Waals surface area contributed by atoms with Crippen LogP contribution < -0.4 is 15.1 Å². The normalized spacial score (nSPS) is 21.7. The van der Waals surface area contributed by atoms with E-state index in [4.69, 9.17) is 4.98 Å². The van der Waals surface area contributed by atoms with E-state index in [1.807, 2.05) is 7.05 Å². The summed E-state index contributed by atoms with van der Waals surface area (Å²) in [6, 6.07) is 0. The molecule has 116 valence electrons. The van der Waals surface area contributed by atoms with Crippen LogP contribution in [0.3, 0.4) is 0 Å². The quantitative estimate of drug-likeness (QED) is 0.920. The third-order valence-corrected chi connectivity index (χ3v) is 4.62. The highest BCUT2D eigenvalue weighted by molar-refractivity contribution is 5.45. The molecule has 3 heterocycles. The second kappa shape index (κ2) is 5.66. The topological polar surface area (TPSA) is 57.2 Å². The van der Waals surface area contributed by atoms with Gasteiger partial charge < -0.3 is 15.1 Å². The average molecular weight is 290 g/mol. The monoisotopic (exact) mass is 290 g/mol. The Labute approximate surface area is 127 Å². The first-order valence-electron chi connectivity index (χ1n) is 8.01. The lowest BCUT2D eigenvalue weighted by atomic mass is 9.83. The predicted molar refractivity (Wildman–Crippen MR) is 86.0 cm³/mol. The molecule has 0 radical (unpaired) electrons. The summed E-state index contributed by atoms with van der Waals surface area (Å²) in [7, 11) is 1.87. The van der Waals surface area contributed by atoms with Gasteiger partial charge >= 0.3 is 0 Å². The van der Waals surface area contributed by atoms with E-state index in [-0.39, 0.29) is 0 Å². The van der Waals surface area contributed by atoms with Crippen molar-refractivity contribution in [1.29, 1.82) is 0 Å². The Morgan fingerprint density at radius 3 is 1.90 bits per heavy atom. The number of nitrogens with one attached hydrogen (secondary N) is 1. The Balaban J connectivity index is 1.82. The molecule has 0 unspecified atom stereocenters. The summed E-state index contributed by atoms with van der Waals surface area (Å²) >= 11 is 0. The first kappa shape index (κ1) is 14.4. The van der Waals surface area contributed by atoms with Crippen LogP contribution in [0.5, 0.6) is 0 Å². The number of hydrogen-bond donors (Lipinski definition) is 1. The van der Waals surface area contributed by atoms with Crippen molar-refractivity contribution >= 4 is 17.8 Å². The fraction of sp³-hybridized carbons (Fsp3) is 0.800. The van der Waals surface area contributed by atoms with Gasteiger partial charge in [0.2, 0.25) is 17.8 Å². The highest BCUT2D eigenvalue weighted by atomic mass is 15.4. The predicted octanol–water partition coefficient (Wildman–Crippen LogP) is 2.14. The smallest absolute Gasteiger partial charge is 0.231 e. The lowest BCUT2D eigenvalue weighted by molar-refractivity contribution is 0.278. The summed E-state index contributed by atoms with van der Waals surface area (Å²) < 4.78 is 0. The minimum atomic E-state index is 0.438. The van der Waals surface area contributed by atoms with E-state index in [1.165, 1.54) is 25.7 Å². The summed E-state index contributed by atoms with van der Waals surface area (Å²) in [6.45, 7) is 8.84. The zero-order valence-corrected chi connectivity index (χ0v) is 13.4. The summed E-state index contributed by atoms with van der Waals surface area (Å²) in [6.07, 6.45) is 4.83. The second-order valence-electron chi connectivity index (χ2n) is 6.85. The molecule has 1 N–H and O–H groups in total. The molecule has 6 nitrogen and oxygen atoms in total. The maximum atomic E-state index is 4.72. The standard InChI is InChI=1S/C15H26N6/c1-15(2)6-10-21(11-7-15)14-18-12(16-3)17-13(19-14)20-8-4-5-9-20/h4-11H2,1-3H3,(H,16,17,18,19). The third kappa shape index (κ3) is 3.19. The summed E-state index contributed by atoms with van der Waals surface area (Å²) in [5, 5.41) is 3.07. The lowest BCUT2D eigenvalue weighted by Gasteiger charge is -2.37. The molecule has 1 aromatic rings. The molecule has 0 saturated carbocycles. The van der Waals surface area contributed by atoms with Gasteiger partial charge in [0.05, 0.1) is 0 Å².